The Labute approximate surface area is 334 Å². The summed E-state index contributed by atoms with van der Waals surface area (Å²) in [5.41, 5.74) is -4.21. The van der Waals surface area contributed by atoms with E-state index in [1.807, 2.05) is 41.8 Å². The fraction of sp³-hybridized carbons (Fsp3) is 0.927. The second-order valence-corrected chi connectivity index (χ2v) is 17.4. The third-order valence-corrected chi connectivity index (χ3v) is 12.8. The van der Waals surface area contributed by atoms with Crippen LogP contribution in [0.25, 0.3) is 0 Å². The number of cyclic esters (lactones) is 1. The van der Waals surface area contributed by atoms with Gasteiger partial charge in [0.1, 0.15) is 29.2 Å². The Balaban J connectivity index is 2.25. The molecule has 0 aliphatic carbocycles. The number of esters is 2. The van der Waals surface area contributed by atoms with Crippen LogP contribution < -0.4 is 0 Å². The largest absolute Gasteiger partial charge is 0.459 e. The molecule has 0 aromatic rings. The van der Waals surface area contributed by atoms with E-state index in [0.29, 0.717) is 6.42 Å². The lowest BCUT2D eigenvalue weighted by Crippen LogP contribution is -2.62. The molecule has 15 heteroatoms. The minimum Gasteiger partial charge on any atom is -0.459 e. The number of carbonyl (C=O) groups excluding carboxylic acids is 3. The Bertz CT molecular complexity index is 1310. The number of ketones is 1. The third-order valence-electron chi connectivity index (χ3n) is 12.8. The summed E-state index contributed by atoms with van der Waals surface area (Å²) >= 11 is 0. The van der Waals surface area contributed by atoms with Gasteiger partial charge >= 0.3 is 11.9 Å². The van der Waals surface area contributed by atoms with E-state index in [1.165, 1.54) is 28.1 Å². The highest BCUT2D eigenvalue weighted by molar-refractivity contribution is 5.83. The third kappa shape index (κ3) is 10.5. The van der Waals surface area contributed by atoms with Gasteiger partial charge in [-0.3, -0.25) is 14.4 Å². The number of methoxy groups -OCH3 is 3. The van der Waals surface area contributed by atoms with Crippen molar-refractivity contribution in [2.75, 3.05) is 35.4 Å². The molecule has 0 saturated carbocycles. The summed E-state index contributed by atoms with van der Waals surface area (Å²) in [6.07, 6.45) is -7.48. The van der Waals surface area contributed by atoms with Crippen LogP contribution in [-0.2, 0) is 57.0 Å². The van der Waals surface area contributed by atoms with Crippen molar-refractivity contribution in [3.05, 3.63) is 0 Å². The molecule has 0 aromatic carbocycles. The zero-order valence-electron chi connectivity index (χ0n) is 36.7. The monoisotopic (exact) mass is 804 g/mol. The van der Waals surface area contributed by atoms with Crippen molar-refractivity contribution in [1.29, 1.82) is 0 Å². The fourth-order valence-corrected chi connectivity index (χ4v) is 9.22. The second kappa shape index (κ2) is 19.5. The van der Waals surface area contributed by atoms with E-state index in [0.717, 1.165) is 0 Å². The van der Waals surface area contributed by atoms with Crippen LogP contribution in [0.5, 0.6) is 0 Å². The van der Waals surface area contributed by atoms with Gasteiger partial charge in [0.2, 0.25) is 0 Å². The molecule has 56 heavy (non-hydrogen) atoms. The van der Waals surface area contributed by atoms with Gasteiger partial charge in [-0.2, -0.15) is 0 Å². The summed E-state index contributed by atoms with van der Waals surface area (Å²) in [7, 11) is 8.62. The average Bonchev–Trinajstić information content (AvgIpc) is 3.13. The van der Waals surface area contributed by atoms with E-state index in [2.05, 4.69) is 4.90 Å². The Morgan fingerprint density at radius 3 is 1.98 bits per heavy atom. The van der Waals surface area contributed by atoms with Gasteiger partial charge in [-0.25, -0.2) is 0 Å². The molecule has 0 radical (unpaired) electrons. The van der Waals surface area contributed by atoms with Gasteiger partial charge in [0.15, 0.2) is 18.7 Å². The maximum atomic E-state index is 14.3. The van der Waals surface area contributed by atoms with Crippen LogP contribution in [0.4, 0.5) is 0 Å². The first-order valence-electron chi connectivity index (χ1n) is 20.2. The standard InChI is InChI=1S/C41H73NO14/c1-17-29-41(11,47)34(45)23(4)31(44)21(2)19-39(9,49-15)35(56-38-33(48-14)28(42(12)13)18-22(3)51-38)24(5)32(25(6)37(46)54-29)55-30-20-40(10,50-16)36(26(7)52-30)53-27(8)43/h21-26,28-30,32-36,38,45,47H,17-20H2,1-16H3/t21-,22-,23+,24+,25-,26+,28+,29-,30?,32+,33-,34-,35-,36+,38+,39-,40-,41-/m1/s1. The maximum Gasteiger partial charge on any atom is 0.311 e. The highest BCUT2D eigenvalue weighted by Gasteiger charge is 2.55. The van der Waals surface area contributed by atoms with E-state index in [9.17, 15) is 24.6 Å². The van der Waals surface area contributed by atoms with Gasteiger partial charge in [0.05, 0.1) is 42.0 Å². The number of carbonyl (C=O) groups is 3. The van der Waals surface area contributed by atoms with Gasteiger partial charge in [-0.05, 0) is 74.9 Å². The van der Waals surface area contributed by atoms with Crippen LogP contribution in [0.3, 0.4) is 0 Å². The van der Waals surface area contributed by atoms with Crippen LogP contribution in [0, 0.1) is 23.7 Å². The fourth-order valence-electron chi connectivity index (χ4n) is 9.22. The van der Waals surface area contributed by atoms with E-state index >= 15 is 0 Å². The molecule has 2 N–H and O–H groups in total. The number of hydrogen-bond acceptors (Lipinski definition) is 15. The summed E-state index contributed by atoms with van der Waals surface area (Å²) in [6.45, 7) is 18.7. The van der Waals surface area contributed by atoms with E-state index in [-0.39, 0.29) is 37.2 Å². The summed E-state index contributed by atoms with van der Waals surface area (Å²) in [6, 6.07) is -0.0621. The number of likely N-dealkylation sites (N-methyl/N-ethyl adjacent to an activating group) is 1. The lowest BCUT2D eigenvalue weighted by Gasteiger charge is -2.50. The van der Waals surface area contributed by atoms with Crippen molar-refractivity contribution in [1.82, 2.24) is 4.90 Å². The first-order valence-corrected chi connectivity index (χ1v) is 20.2. The minimum atomic E-state index is -1.97. The smallest absolute Gasteiger partial charge is 0.311 e. The van der Waals surface area contributed by atoms with Crippen LogP contribution in [0.15, 0.2) is 0 Å². The maximum absolute atomic E-state index is 14.3. The van der Waals surface area contributed by atoms with Crippen molar-refractivity contribution in [3.63, 3.8) is 0 Å². The molecule has 1 unspecified atom stereocenters. The average molecular weight is 804 g/mol. The van der Waals surface area contributed by atoms with Crippen molar-refractivity contribution in [2.45, 2.75) is 186 Å². The van der Waals surface area contributed by atoms with E-state index in [1.54, 1.807) is 41.7 Å². The topological polar surface area (TPSA) is 178 Å². The summed E-state index contributed by atoms with van der Waals surface area (Å²) in [5, 5.41) is 23.2. The molecule has 0 amide bonds. The predicted molar refractivity (Wildman–Crippen MR) is 205 cm³/mol. The second-order valence-electron chi connectivity index (χ2n) is 17.4. The van der Waals surface area contributed by atoms with Crippen LogP contribution in [0.1, 0.15) is 102 Å². The summed E-state index contributed by atoms with van der Waals surface area (Å²) < 4.78 is 56.7. The number of aliphatic hydroxyl groups excluding tert-OH is 1. The Morgan fingerprint density at radius 2 is 1.46 bits per heavy atom. The normalized spacial score (nSPS) is 46.2. The molecule has 0 spiro atoms. The van der Waals surface area contributed by atoms with E-state index in [4.69, 9.17) is 42.6 Å². The minimum absolute atomic E-state index is 0.0621. The lowest BCUT2D eigenvalue weighted by molar-refractivity contribution is -0.321. The molecule has 3 heterocycles. The molecule has 3 rings (SSSR count). The van der Waals surface area contributed by atoms with Gasteiger partial charge in [0.25, 0.3) is 0 Å². The number of aliphatic hydroxyl groups is 2. The molecule has 3 fully saturated rings. The van der Waals surface area contributed by atoms with Crippen LogP contribution in [-0.4, -0.2) is 153 Å². The van der Waals surface area contributed by atoms with Gasteiger partial charge in [-0.1, -0.05) is 27.7 Å². The van der Waals surface area contributed by atoms with Gasteiger partial charge in [-0.15, -0.1) is 0 Å². The van der Waals surface area contributed by atoms with Gasteiger partial charge in [0, 0.05) is 58.5 Å². The number of Topliss-reactive ketones (excluding diaryl/α,β-unsaturated/α-hetero) is 1. The van der Waals surface area contributed by atoms with Crippen molar-refractivity contribution in [2.24, 2.45) is 23.7 Å². The zero-order chi connectivity index (χ0) is 42.7. The SMILES string of the molecule is CC[C@H]1OC(=O)[C@H](C)[C@@H](OC2C[C@@](C)(OC)[C@@H](OC(C)=O)[C@H](C)O2)[C@H](C)[C@@H](O[C@@H]2O[C@H](C)C[C@H](N(C)C)[C@H]2OC)[C@](C)(OC)C[C@@H](C)C(=O)[C@H](C)[C@@H](O)[C@]1(C)O. The summed E-state index contributed by atoms with van der Waals surface area (Å²) in [5.74, 6) is -4.88. The Hall–Kier alpha value is -1.79. The van der Waals surface area contributed by atoms with Crippen molar-refractivity contribution in [3.8, 4) is 0 Å². The number of hydrogen-bond donors (Lipinski definition) is 2. The highest BCUT2D eigenvalue weighted by Crippen LogP contribution is 2.42. The summed E-state index contributed by atoms with van der Waals surface area (Å²) in [4.78, 5) is 42.6. The first-order chi connectivity index (χ1) is 25.9. The lowest BCUT2D eigenvalue weighted by atomic mass is 9.74. The number of rotatable bonds is 10. The van der Waals surface area contributed by atoms with E-state index < -0.39 is 108 Å². The molecule has 326 valence electrons. The predicted octanol–water partition coefficient (Wildman–Crippen LogP) is 3.66. The molecular weight excluding hydrogens is 730 g/mol. The Morgan fingerprint density at radius 1 is 0.875 bits per heavy atom. The molecule has 15 nitrogen and oxygen atoms in total. The first kappa shape index (κ1) is 48.6. The molecule has 0 bridgehead atoms. The zero-order valence-corrected chi connectivity index (χ0v) is 36.7. The van der Waals surface area contributed by atoms with Gasteiger partial charge < -0.3 is 57.7 Å². The van der Waals surface area contributed by atoms with Crippen LogP contribution >= 0.6 is 0 Å². The molecule has 3 saturated heterocycles. The molecule has 0 aromatic heterocycles. The number of ether oxygens (including phenoxy) is 9. The molecule has 3 aliphatic heterocycles. The Kier molecular flexibility index (Phi) is 16.9. The van der Waals surface area contributed by atoms with Crippen molar-refractivity contribution >= 4 is 17.7 Å². The molecule has 3 aliphatic rings. The van der Waals surface area contributed by atoms with Crippen LogP contribution in [0.2, 0.25) is 0 Å². The van der Waals surface area contributed by atoms with Crippen molar-refractivity contribution < 1.29 is 67.2 Å². The molecular formula is C41H73NO14. The highest BCUT2D eigenvalue weighted by atomic mass is 16.7. The number of nitrogens with zero attached hydrogens (tertiary/aromatic N) is 1. The quantitative estimate of drug-likeness (QED) is 0.306. The molecule has 18 atom stereocenters.